The predicted molar refractivity (Wildman–Crippen MR) is 103 cm³/mol. The Morgan fingerprint density at radius 2 is 1.54 bits per heavy atom. The maximum atomic E-state index is 13.4. The van der Waals surface area contributed by atoms with Gasteiger partial charge in [-0.15, -0.1) is 0 Å². The molecule has 1 aliphatic rings. The minimum atomic E-state index is -3.59. The molecule has 1 unspecified atom stereocenters. The van der Waals surface area contributed by atoms with Gasteiger partial charge in [0.15, 0.2) is 0 Å². The highest BCUT2D eigenvalue weighted by molar-refractivity contribution is 7.89. The molecule has 0 bridgehead atoms. The summed E-state index contributed by atoms with van der Waals surface area (Å²) in [5.74, 6) is 0. The van der Waals surface area contributed by atoms with Gasteiger partial charge in [-0.25, -0.2) is 8.42 Å². The number of aryl methyl sites for hydroxylation is 1. The maximum Gasteiger partial charge on any atom is 0.243 e. The molecule has 1 atom stereocenters. The number of rotatable bonds is 5. The summed E-state index contributed by atoms with van der Waals surface area (Å²) in [7, 11) is -3.59. The standard InChI is InChI=1S/C22H21NO2S/c1-17-11-13-20(14-12-17)26(24,25)23(16-18-7-3-2-4-8-18)22-15-19-9-5-6-10-21(19)22/h2-14,22H,15-16H2,1H3. The van der Waals surface area contributed by atoms with Gasteiger partial charge in [-0.1, -0.05) is 72.3 Å². The molecule has 3 aromatic carbocycles. The topological polar surface area (TPSA) is 37.4 Å². The lowest BCUT2D eigenvalue weighted by Crippen LogP contribution is -2.40. The second kappa shape index (κ2) is 6.71. The van der Waals surface area contributed by atoms with E-state index in [4.69, 9.17) is 0 Å². The first kappa shape index (κ1) is 17.0. The van der Waals surface area contributed by atoms with Crippen molar-refractivity contribution in [3.05, 3.63) is 101 Å². The van der Waals surface area contributed by atoms with Gasteiger partial charge in [-0.05, 0) is 42.2 Å². The molecule has 4 heteroatoms. The Morgan fingerprint density at radius 1 is 0.885 bits per heavy atom. The Balaban J connectivity index is 1.74. The van der Waals surface area contributed by atoms with E-state index in [9.17, 15) is 8.42 Å². The van der Waals surface area contributed by atoms with E-state index in [1.807, 2.05) is 67.6 Å². The van der Waals surface area contributed by atoms with Crippen molar-refractivity contribution in [2.45, 2.75) is 30.8 Å². The fourth-order valence-electron chi connectivity index (χ4n) is 3.46. The zero-order valence-electron chi connectivity index (χ0n) is 14.7. The molecule has 0 spiro atoms. The Morgan fingerprint density at radius 3 is 2.23 bits per heavy atom. The molecule has 0 aliphatic heterocycles. The summed E-state index contributed by atoms with van der Waals surface area (Å²) in [5, 5.41) is 0. The first-order chi connectivity index (χ1) is 12.6. The van der Waals surface area contributed by atoms with Gasteiger partial charge >= 0.3 is 0 Å². The summed E-state index contributed by atoms with van der Waals surface area (Å²) < 4.78 is 28.5. The molecule has 0 aromatic heterocycles. The highest BCUT2D eigenvalue weighted by atomic mass is 32.2. The molecule has 0 heterocycles. The van der Waals surface area contributed by atoms with Crippen LogP contribution in [-0.4, -0.2) is 12.7 Å². The van der Waals surface area contributed by atoms with Crippen molar-refractivity contribution in [3.8, 4) is 0 Å². The van der Waals surface area contributed by atoms with Crippen molar-refractivity contribution in [2.75, 3.05) is 0 Å². The molecule has 26 heavy (non-hydrogen) atoms. The van der Waals surface area contributed by atoms with Crippen LogP contribution in [0.2, 0.25) is 0 Å². The molecule has 0 N–H and O–H groups in total. The third-order valence-corrected chi connectivity index (χ3v) is 6.85. The molecule has 0 amide bonds. The molecule has 0 saturated carbocycles. The normalized spacial score (nSPS) is 16.2. The second-order valence-electron chi connectivity index (χ2n) is 6.77. The van der Waals surface area contributed by atoms with Crippen molar-refractivity contribution < 1.29 is 8.42 Å². The Bertz CT molecular complexity index is 1010. The van der Waals surface area contributed by atoms with Crippen molar-refractivity contribution >= 4 is 10.0 Å². The Kier molecular flexibility index (Phi) is 4.39. The number of hydrogen-bond acceptors (Lipinski definition) is 2. The van der Waals surface area contributed by atoms with Gasteiger partial charge in [0.25, 0.3) is 0 Å². The van der Waals surface area contributed by atoms with Gasteiger partial charge in [0.2, 0.25) is 10.0 Å². The van der Waals surface area contributed by atoms with E-state index in [0.717, 1.165) is 23.1 Å². The van der Waals surface area contributed by atoms with E-state index < -0.39 is 10.0 Å². The minimum Gasteiger partial charge on any atom is -0.207 e. The monoisotopic (exact) mass is 363 g/mol. The number of sulfonamides is 1. The maximum absolute atomic E-state index is 13.4. The highest BCUT2D eigenvalue weighted by Gasteiger charge is 2.38. The molecule has 0 radical (unpaired) electrons. The highest BCUT2D eigenvalue weighted by Crippen LogP contribution is 2.41. The van der Waals surface area contributed by atoms with Crippen molar-refractivity contribution in [3.63, 3.8) is 0 Å². The van der Waals surface area contributed by atoms with E-state index in [0.29, 0.717) is 11.4 Å². The third kappa shape index (κ3) is 3.06. The van der Waals surface area contributed by atoms with Crippen LogP contribution in [0.5, 0.6) is 0 Å². The number of fused-ring (bicyclic) bond motifs is 1. The van der Waals surface area contributed by atoms with Crippen LogP contribution in [0.25, 0.3) is 0 Å². The number of nitrogens with zero attached hydrogens (tertiary/aromatic N) is 1. The minimum absolute atomic E-state index is 0.113. The van der Waals surface area contributed by atoms with Crippen LogP contribution in [-0.2, 0) is 23.0 Å². The van der Waals surface area contributed by atoms with Gasteiger partial charge in [0, 0.05) is 6.54 Å². The average Bonchev–Trinajstić information content (AvgIpc) is 2.63. The third-order valence-electron chi connectivity index (χ3n) is 4.98. The van der Waals surface area contributed by atoms with E-state index in [2.05, 4.69) is 6.07 Å². The van der Waals surface area contributed by atoms with Crippen LogP contribution in [0.3, 0.4) is 0 Å². The lowest BCUT2D eigenvalue weighted by molar-refractivity contribution is 0.289. The number of hydrogen-bond donors (Lipinski definition) is 0. The molecular formula is C22H21NO2S. The summed E-state index contributed by atoms with van der Waals surface area (Å²) in [6.45, 7) is 2.33. The molecule has 1 aliphatic carbocycles. The summed E-state index contributed by atoms with van der Waals surface area (Å²) in [6.07, 6.45) is 0.758. The van der Waals surface area contributed by atoms with Crippen LogP contribution in [0.15, 0.2) is 83.8 Å². The van der Waals surface area contributed by atoms with Crippen LogP contribution >= 0.6 is 0 Å². The average molecular weight is 363 g/mol. The Hall–Kier alpha value is -2.43. The van der Waals surface area contributed by atoms with Crippen molar-refractivity contribution in [1.29, 1.82) is 0 Å². The summed E-state index contributed by atoms with van der Waals surface area (Å²) in [5.41, 5.74) is 4.38. The zero-order valence-corrected chi connectivity index (χ0v) is 15.5. The van der Waals surface area contributed by atoms with Crippen LogP contribution in [0, 0.1) is 6.92 Å². The van der Waals surface area contributed by atoms with Gasteiger partial charge in [0.1, 0.15) is 0 Å². The van der Waals surface area contributed by atoms with E-state index in [-0.39, 0.29) is 6.04 Å². The van der Waals surface area contributed by atoms with Crippen LogP contribution in [0.4, 0.5) is 0 Å². The molecule has 3 nitrogen and oxygen atoms in total. The van der Waals surface area contributed by atoms with Gasteiger partial charge in [-0.2, -0.15) is 4.31 Å². The summed E-state index contributed by atoms with van der Waals surface area (Å²) >= 11 is 0. The molecular weight excluding hydrogens is 342 g/mol. The van der Waals surface area contributed by atoms with E-state index in [1.54, 1.807) is 16.4 Å². The second-order valence-corrected chi connectivity index (χ2v) is 8.66. The van der Waals surface area contributed by atoms with E-state index >= 15 is 0 Å². The zero-order chi connectivity index (χ0) is 18.1. The van der Waals surface area contributed by atoms with Crippen LogP contribution < -0.4 is 0 Å². The fraction of sp³-hybridized carbons (Fsp3) is 0.182. The smallest absolute Gasteiger partial charge is 0.207 e. The lowest BCUT2D eigenvalue weighted by atomic mass is 9.83. The van der Waals surface area contributed by atoms with Crippen molar-refractivity contribution in [2.24, 2.45) is 0 Å². The summed E-state index contributed by atoms with van der Waals surface area (Å²) in [4.78, 5) is 0.350. The molecule has 3 aromatic rings. The van der Waals surface area contributed by atoms with Crippen molar-refractivity contribution in [1.82, 2.24) is 4.31 Å². The number of benzene rings is 3. The summed E-state index contributed by atoms with van der Waals surface area (Å²) in [6, 6.07) is 24.9. The van der Waals surface area contributed by atoms with Gasteiger partial charge in [0.05, 0.1) is 10.9 Å². The quantitative estimate of drug-likeness (QED) is 0.670. The Labute approximate surface area is 155 Å². The molecule has 0 saturated heterocycles. The SMILES string of the molecule is Cc1ccc(S(=O)(=O)N(Cc2ccccc2)C2Cc3ccccc32)cc1. The lowest BCUT2D eigenvalue weighted by Gasteiger charge is -2.38. The fourth-order valence-corrected chi connectivity index (χ4v) is 5.05. The molecule has 0 fully saturated rings. The van der Waals surface area contributed by atoms with E-state index in [1.165, 1.54) is 5.56 Å². The predicted octanol–water partition coefficient (Wildman–Crippen LogP) is 4.48. The first-order valence-corrected chi connectivity index (χ1v) is 10.2. The molecule has 132 valence electrons. The first-order valence-electron chi connectivity index (χ1n) is 8.76. The largest absolute Gasteiger partial charge is 0.243 e. The molecule has 4 rings (SSSR count). The van der Waals surface area contributed by atoms with Gasteiger partial charge in [-0.3, -0.25) is 0 Å². The van der Waals surface area contributed by atoms with Gasteiger partial charge < -0.3 is 0 Å². The van der Waals surface area contributed by atoms with Crippen LogP contribution in [0.1, 0.15) is 28.3 Å².